The van der Waals surface area contributed by atoms with Crippen LogP contribution in [0, 0.1) is 6.92 Å². The maximum atomic E-state index is 12.4. The zero-order valence-electron chi connectivity index (χ0n) is 19.0. The Kier molecular flexibility index (Phi) is 8.56. The molecule has 0 atom stereocenters. The highest BCUT2D eigenvalue weighted by Crippen LogP contribution is 2.24. The molecule has 7 heteroatoms. The van der Waals surface area contributed by atoms with Crippen molar-refractivity contribution in [1.29, 1.82) is 0 Å². The Bertz CT molecular complexity index is 964. The Balaban J connectivity index is 1.57. The van der Waals surface area contributed by atoms with Gasteiger partial charge >= 0.3 is 0 Å². The number of aryl methyl sites for hydroxylation is 1. The molecule has 0 aliphatic heterocycles. The molecular formula is C25H34N2O4S. The molecule has 1 aliphatic carbocycles. The molecule has 1 fully saturated rings. The second-order valence-electron chi connectivity index (χ2n) is 8.65. The van der Waals surface area contributed by atoms with Crippen LogP contribution >= 0.6 is 0 Å². The Morgan fingerprint density at radius 1 is 0.969 bits per heavy atom. The molecule has 0 bridgehead atoms. The van der Waals surface area contributed by atoms with Gasteiger partial charge in [-0.25, -0.2) is 8.42 Å². The fourth-order valence-corrected chi connectivity index (χ4v) is 4.87. The summed E-state index contributed by atoms with van der Waals surface area (Å²) in [6.07, 6.45) is 9.35. The molecule has 0 radical (unpaired) electrons. The average molecular weight is 459 g/mol. The van der Waals surface area contributed by atoms with E-state index in [1.54, 1.807) is 24.3 Å². The monoisotopic (exact) mass is 458 g/mol. The van der Waals surface area contributed by atoms with Crippen molar-refractivity contribution in [3.63, 3.8) is 0 Å². The topological polar surface area (TPSA) is 75.7 Å². The normalized spacial score (nSPS) is 15.4. The van der Waals surface area contributed by atoms with Crippen LogP contribution in [-0.4, -0.2) is 33.2 Å². The van der Waals surface area contributed by atoms with Crippen LogP contribution in [0.25, 0.3) is 0 Å². The number of rotatable bonds is 8. The van der Waals surface area contributed by atoms with Gasteiger partial charge in [0.05, 0.1) is 18.5 Å². The zero-order chi connectivity index (χ0) is 23.0. The van der Waals surface area contributed by atoms with Crippen molar-refractivity contribution in [3.05, 3.63) is 59.7 Å². The summed E-state index contributed by atoms with van der Waals surface area (Å²) < 4.78 is 31.8. The average Bonchev–Trinajstić information content (AvgIpc) is 2.73. The van der Waals surface area contributed by atoms with E-state index in [0.717, 1.165) is 36.8 Å². The number of hydrogen-bond donors (Lipinski definition) is 1. The van der Waals surface area contributed by atoms with Gasteiger partial charge in [0, 0.05) is 6.04 Å². The fraction of sp³-hybridized carbons (Fsp3) is 0.480. The molecule has 3 rings (SSSR count). The largest absolute Gasteiger partial charge is 0.484 e. The maximum absolute atomic E-state index is 12.4. The van der Waals surface area contributed by atoms with E-state index in [1.807, 2.05) is 31.2 Å². The third kappa shape index (κ3) is 7.55. The summed E-state index contributed by atoms with van der Waals surface area (Å²) in [4.78, 5) is 12.3. The highest BCUT2D eigenvalue weighted by Gasteiger charge is 2.18. The lowest BCUT2D eigenvalue weighted by molar-refractivity contribution is -0.123. The predicted octanol–water partition coefficient (Wildman–Crippen LogP) is 4.57. The van der Waals surface area contributed by atoms with Crippen molar-refractivity contribution in [1.82, 2.24) is 5.32 Å². The predicted molar refractivity (Wildman–Crippen MR) is 128 cm³/mol. The first-order valence-corrected chi connectivity index (χ1v) is 13.2. The number of amides is 1. The minimum Gasteiger partial charge on any atom is -0.484 e. The van der Waals surface area contributed by atoms with E-state index >= 15 is 0 Å². The molecule has 1 N–H and O–H groups in total. The number of anilines is 1. The fourth-order valence-electron chi connectivity index (χ4n) is 3.99. The summed E-state index contributed by atoms with van der Waals surface area (Å²) in [5, 5.41) is 3.09. The van der Waals surface area contributed by atoms with Gasteiger partial charge in [0.25, 0.3) is 5.91 Å². The van der Waals surface area contributed by atoms with E-state index < -0.39 is 10.0 Å². The molecule has 0 aromatic heterocycles. The van der Waals surface area contributed by atoms with E-state index in [2.05, 4.69) is 5.32 Å². The van der Waals surface area contributed by atoms with Gasteiger partial charge in [0.2, 0.25) is 10.0 Å². The van der Waals surface area contributed by atoms with Crippen molar-refractivity contribution in [2.75, 3.05) is 17.2 Å². The maximum Gasteiger partial charge on any atom is 0.258 e. The van der Waals surface area contributed by atoms with Crippen molar-refractivity contribution >= 4 is 21.6 Å². The SMILES string of the molecule is Cc1ccc(CN(c2ccc(OCC(=O)NC3CCCCCCC3)cc2)S(C)(=O)=O)cc1. The van der Waals surface area contributed by atoms with Gasteiger partial charge in [-0.15, -0.1) is 0 Å². The highest BCUT2D eigenvalue weighted by molar-refractivity contribution is 7.92. The van der Waals surface area contributed by atoms with Crippen molar-refractivity contribution in [3.8, 4) is 5.75 Å². The molecule has 0 unspecified atom stereocenters. The second kappa shape index (κ2) is 11.4. The molecule has 174 valence electrons. The Labute approximate surface area is 192 Å². The quantitative estimate of drug-likeness (QED) is 0.629. The van der Waals surface area contributed by atoms with Gasteiger partial charge in [0.15, 0.2) is 6.61 Å². The number of nitrogens with zero attached hydrogens (tertiary/aromatic N) is 1. The van der Waals surface area contributed by atoms with Crippen LogP contribution in [0.15, 0.2) is 48.5 Å². The number of ether oxygens (including phenoxy) is 1. The molecule has 6 nitrogen and oxygen atoms in total. The van der Waals surface area contributed by atoms with Crippen LogP contribution in [0.1, 0.15) is 56.1 Å². The molecule has 0 spiro atoms. The summed E-state index contributed by atoms with van der Waals surface area (Å²) in [5.74, 6) is 0.419. The second-order valence-corrected chi connectivity index (χ2v) is 10.6. The Morgan fingerprint density at radius 2 is 1.56 bits per heavy atom. The summed E-state index contributed by atoms with van der Waals surface area (Å²) in [7, 11) is -3.46. The lowest BCUT2D eigenvalue weighted by Crippen LogP contribution is -2.38. The lowest BCUT2D eigenvalue weighted by Gasteiger charge is -2.23. The Morgan fingerprint density at radius 3 is 2.16 bits per heavy atom. The Hall–Kier alpha value is -2.54. The van der Waals surface area contributed by atoms with Gasteiger partial charge in [-0.1, -0.05) is 61.9 Å². The molecule has 2 aromatic carbocycles. The highest BCUT2D eigenvalue weighted by atomic mass is 32.2. The summed E-state index contributed by atoms with van der Waals surface area (Å²) in [6.45, 7) is 2.20. The molecule has 1 saturated carbocycles. The minimum absolute atomic E-state index is 0.0466. The smallest absolute Gasteiger partial charge is 0.258 e. The molecule has 32 heavy (non-hydrogen) atoms. The third-order valence-electron chi connectivity index (χ3n) is 5.81. The van der Waals surface area contributed by atoms with Crippen molar-refractivity contribution in [2.24, 2.45) is 0 Å². The van der Waals surface area contributed by atoms with E-state index in [0.29, 0.717) is 11.4 Å². The van der Waals surface area contributed by atoms with Crippen molar-refractivity contribution < 1.29 is 17.9 Å². The van der Waals surface area contributed by atoms with Crippen LogP contribution in [-0.2, 0) is 21.4 Å². The summed E-state index contributed by atoms with van der Waals surface area (Å²) in [5.41, 5.74) is 2.59. The number of carbonyl (C=O) groups excluding carboxylic acids is 1. The number of nitrogens with one attached hydrogen (secondary N) is 1. The number of sulfonamides is 1. The molecule has 1 aliphatic rings. The van der Waals surface area contributed by atoms with Crippen molar-refractivity contribution in [2.45, 2.75) is 64.5 Å². The van der Waals surface area contributed by atoms with Gasteiger partial charge in [0.1, 0.15) is 5.75 Å². The molecule has 2 aromatic rings. The number of carbonyl (C=O) groups is 1. The summed E-state index contributed by atoms with van der Waals surface area (Å²) >= 11 is 0. The standard InChI is InChI=1S/C25H34N2O4S/c1-20-10-12-21(13-11-20)18-27(32(2,29)30)23-14-16-24(17-15-23)31-19-25(28)26-22-8-6-4-3-5-7-9-22/h10-17,22H,3-9,18-19H2,1-2H3,(H,26,28). The van der Waals surface area contributed by atoms with Crippen LogP contribution in [0.4, 0.5) is 5.69 Å². The summed E-state index contributed by atoms with van der Waals surface area (Å²) in [6, 6.07) is 14.8. The van der Waals surface area contributed by atoms with E-state index in [-0.39, 0.29) is 25.1 Å². The van der Waals surface area contributed by atoms with Gasteiger partial charge < -0.3 is 10.1 Å². The minimum atomic E-state index is -3.46. The van der Waals surface area contributed by atoms with Crippen LogP contribution in [0.5, 0.6) is 5.75 Å². The van der Waals surface area contributed by atoms with Gasteiger partial charge in [-0.2, -0.15) is 0 Å². The molecule has 0 heterocycles. The van der Waals surface area contributed by atoms with E-state index in [9.17, 15) is 13.2 Å². The van der Waals surface area contributed by atoms with E-state index in [1.165, 1.54) is 29.8 Å². The van der Waals surface area contributed by atoms with Gasteiger partial charge in [-0.05, 0) is 49.6 Å². The zero-order valence-corrected chi connectivity index (χ0v) is 19.9. The third-order valence-corrected chi connectivity index (χ3v) is 6.95. The molecule has 0 saturated heterocycles. The van der Waals surface area contributed by atoms with Crippen LogP contribution in [0.3, 0.4) is 0 Å². The first-order valence-electron chi connectivity index (χ1n) is 11.4. The molecule has 1 amide bonds. The first-order chi connectivity index (χ1) is 15.3. The van der Waals surface area contributed by atoms with Gasteiger partial charge in [-0.3, -0.25) is 9.10 Å². The number of hydrogen-bond acceptors (Lipinski definition) is 4. The van der Waals surface area contributed by atoms with Crippen LogP contribution in [0.2, 0.25) is 0 Å². The number of benzene rings is 2. The molecular weight excluding hydrogens is 424 g/mol. The lowest BCUT2D eigenvalue weighted by atomic mass is 9.97. The van der Waals surface area contributed by atoms with Crippen LogP contribution < -0.4 is 14.4 Å². The van der Waals surface area contributed by atoms with E-state index in [4.69, 9.17) is 4.74 Å². The first kappa shape index (κ1) is 24.1.